The standard InChI is InChI=1S/C22H20ClF4N3O3/c1-13(3-2-8-31)19-21(33)30(20-17(24)9-16(23)10-28-20)12-18(32)29(19)11-14-4-6-15(7-5-14)22(25,26)27/h4-7,9-10,19,31H,1-3,8,11-12H2. The van der Waals surface area contributed by atoms with Crippen molar-refractivity contribution in [3.8, 4) is 0 Å². The summed E-state index contributed by atoms with van der Waals surface area (Å²) in [7, 11) is 0. The van der Waals surface area contributed by atoms with E-state index in [2.05, 4.69) is 11.6 Å². The van der Waals surface area contributed by atoms with Crippen molar-refractivity contribution in [2.24, 2.45) is 0 Å². The van der Waals surface area contributed by atoms with Crippen LogP contribution in [0, 0.1) is 5.82 Å². The van der Waals surface area contributed by atoms with Crippen LogP contribution in [0.1, 0.15) is 24.0 Å². The van der Waals surface area contributed by atoms with E-state index in [4.69, 9.17) is 16.7 Å². The minimum absolute atomic E-state index is 0.0138. The van der Waals surface area contributed by atoms with Crippen LogP contribution in [0.2, 0.25) is 5.02 Å². The van der Waals surface area contributed by atoms with E-state index in [0.717, 1.165) is 29.3 Å². The summed E-state index contributed by atoms with van der Waals surface area (Å²) in [5, 5.41) is 9.15. The van der Waals surface area contributed by atoms with Crippen LogP contribution in [0.25, 0.3) is 0 Å². The van der Waals surface area contributed by atoms with Gasteiger partial charge in [-0.2, -0.15) is 13.2 Å². The van der Waals surface area contributed by atoms with Crippen molar-refractivity contribution in [3.05, 3.63) is 70.6 Å². The van der Waals surface area contributed by atoms with Gasteiger partial charge in [0.15, 0.2) is 11.6 Å². The molecule has 1 aliphatic rings. The van der Waals surface area contributed by atoms with Gasteiger partial charge < -0.3 is 10.0 Å². The second-order valence-corrected chi connectivity index (χ2v) is 7.92. The number of nitrogens with zero attached hydrogens (tertiary/aromatic N) is 3. The largest absolute Gasteiger partial charge is 0.416 e. The van der Waals surface area contributed by atoms with E-state index >= 15 is 0 Å². The normalized spacial score (nSPS) is 17.0. The van der Waals surface area contributed by atoms with Crippen molar-refractivity contribution in [2.75, 3.05) is 18.1 Å². The monoisotopic (exact) mass is 485 g/mol. The lowest BCUT2D eigenvalue weighted by atomic mass is 9.97. The van der Waals surface area contributed by atoms with Gasteiger partial charge in [-0.1, -0.05) is 30.3 Å². The lowest BCUT2D eigenvalue weighted by molar-refractivity contribution is -0.142. The molecule has 0 bridgehead atoms. The molecule has 0 spiro atoms. The Balaban J connectivity index is 1.93. The summed E-state index contributed by atoms with van der Waals surface area (Å²) >= 11 is 5.72. The number of anilines is 1. The fourth-order valence-electron chi connectivity index (χ4n) is 3.53. The van der Waals surface area contributed by atoms with E-state index in [0.29, 0.717) is 11.1 Å². The number of alkyl halides is 3. The molecule has 1 unspecified atom stereocenters. The van der Waals surface area contributed by atoms with Crippen LogP contribution in [0.3, 0.4) is 0 Å². The third-order valence-electron chi connectivity index (χ3n) is 5.15. The van der Waals surface area contributed by atoms with Crippen molar-refractivity contribution >= 4 is 29.2 Å². The predicted octanol–water partition coefficient (Wildman–Crippen LogP) is 3.97. The van der Waals surface area contributed by atoms with Crippen LogP contribution < -0.4 is 4.90 Å². The average molecular weight is 486 g/mol. The first-order chi connectivity index (χ1) is 15.5. The van der Waals surface area contributed by atoms with Gasteiger partial charge in [0.05, 0.1) is 10.6 Å². The summed E-state index contributed by atoms with van der Waals surface area (Å²) in [5.41, 5.74) is -0.173. The highest BCUT2D eigenvalue weighted by atomic mass is 35.5. The fourth-order valence-corrected chi connectivity index (χ4v) is 3.67. The highest BCUT2D eigenvalue weighted by Crippen LogP contribution is 2.31. The molecule has 1 atom stereocenters. The molecular weight excluding hydrogens is 466 g/mol. The Kier molecular flexibility index (Phi) is 7.38. The zero-order valence-corrected chi connectivity index (χ0v) is 18.0. The summed E-state index contributed by atoms with van der Waals surface area (Å²) in [5.74, 6) is -2.49. The van der Waals surface area contributed by atoms with Crippen molar-refractivity contribution in [1.29, 1.82) is 0 Å². The van der Waals surface area contributed by atoms with Crippen LogP contribution in [0.15, 0.2) is 48.7 Å². The molecule has 2 amide bonds. The maximum atomic E-state index is 14.4. The number of halogens is 5. The third-order valence-corrected chi connectivity index (χ3v) is 5.35. The van der Waals surface area contributed by atoms with Gasteiger partial charge in [-0.05, 0) is 42.2 Å². The molecule has 176 valence electrons. The van der Waals surface area contributed by atoms with Gasteiger partial charge in [0.25, 0.3) is 5.91 Å². The van der Waals surface area contributed by atoms with Crippen LogP contribution in [-0.4, -0.2) is 46.0 Å². The molecule has 33 heavy (non-hydrogen) atoms. The molecule has 1 saturated heterocycles. The van der Waals surface area contributed by atoms with E-state index in [9.17, 15) is 27.2 Å². The van der Waals surface area contributed by atoms with Crippen molar-refractivity contribution in [3.63, 3.8) is 0 Å². The predicted molar refractivity (Wildman–Crippen MR) is 113 cm³/mol. The van der Waals surface area contributed by atoms with Gasteiger partial charge in [0.1, 0.15) is 12.6 Å². The van der Waals surface area contributed by atoms with E-state index in [1.165, 1.54) is 17.0 Å². The number of pyridine rings is 1. The van der Waals surface area contributed by atoms with E-state index in [1.807, 2.05) is 0 Å². The van der Waals surface area contributed by atoms with Crippen LogP contribution in [0.4, 0.5) is 23.4 Å². The molecule has 1 aromatic carbocycles. The summed E-state index contributed by atoms with van der Waals surface area (Å²) in [6.07, 6.45) is -2.89. The number of aromatic nitrogens is 1. The summed E-state index contributed by atoms with van der Waals surface area (Å²) < 4.78 is 53.0. The maximum Gasteiger partial charge on any atom is 0.416 e. The molecule has 1 aliphatic heterocycles. The number of carbonyl (C=O) groups excluding carboxylic acids is 2. The molecule has 0 aliphatic carbocycles. The molecule has 1 fully saturated rings. The number of hydrogen-bond acceptors (Lipinski definition) is 4. The van der Waals surface area contributed by atoms with Crippen molar-refractivity contribution in [2.45, 2.75) is 31.6 Å². The number of piperazine rings is 1. The zero-order valence-electron chi connectivity index (χ0n) is 17.3. The van der Waals surface area contributed by atoms with Crippen LogP contribution >= 0.6 is 11.6 Å². The molecule has 0 radical (unpaired) electrons. The average Bonchev–Trinajstić information content (AvgIpc) is 2.74. The zero-order chi connectivity index (χ0) is 24.3. The second-order valence-electron chi connectivity index (χ2n) is 7.49. The smallest absolute Gasteiger partial charge is 0.396 e. The number of benzene rings is 1. The molecule has 1 aromatic heterocycles. The minimum Gasteiger partial charge on any atom is -0.396 e. The van der Waals surface area contributed by atoms with Crippen LogP contribution in [0.5, 0.6) is 0 Å². The first-order valence-corrected chi connectivity index (χ1v) is 10.3. The first-order valence-electron chi connectivity index (χ1n) is 9.89. The Hall–Kier alpha value is -2.98. The molecule has 11 heteroatoms. The summed E-state index contributed by atoms with van der Waals surface area (Å²) in [6.45, 7) is 3.01. The number of aliphatic hydroxyl groups excluding tert-OH is 1. The highest BCUT2D eigenvalue weighted by Gasteiger charge is 2.42. The highest BCUT2D eigenvalue weighted by molar-refractivity contribution is 6.30. The van der Waals surface area contributed by atoms with E-state index < -0.39 is 42.0 Å². The minimum atomic E-state index is -4.51. The summed E-state index contributed by atoms with van der Waals surface area (Å²) in [4.78, 5) is 32.2. The van der Waals surface area contributed by atoms with Crippen LogP contribution in [-0.2, 0) is 22.3 Å². The van der Waals surface area contributed by atoms with E-state index in [1.54, 1.807) is 0 Å². The molecule has 1 N–H and O–H groups in total. The van der Waals surface area contributed by atoms with Gasteiger partial charge in [-0.3, -0.25) is 14.5 Å². The molecule has 0 saturated carbocycles. The molecule has 6 nitrogen and oxygen atoms in total. The SMILES string of the molecule is C=C(CCCO)C1C(=O)N(c2ncc(Cl)cc2F)CC(=O)N1Cc1ccc(C(F)(F)F)cc1. The van der Waals surface area contributed by atoms with Gasteiger partial charge in [0, 0.05) is 19.3 Å². The Bertz CT molecular complexity index is 1060. The fraction of sp³-hybridized carbons (Fsp3) is 0.318. The lowest BCUT2D eigenvalue weighted by Gasteiger charge is -2.40. The summed E-state index contributed by atoms with van der Waals surface area (Å²) in [6, 6.07) is 3.98. The van der Waals surface area contributed by atoms with Gasteiger partial charge in [0.2, 0.25) is 5.91 Å². The number of amides is 2. The Labute approximate surface area is 192 Å². The molecular formula is C22H20ClF4N3O3. The van der Waals surface area contributed by atoms with Gasteiger partial charge in [-0.25, -0.2) is 9.37 Å². The van der Waals surface area contributed by atoms with Gasteiger partial charge in [-0.15, -0.1) is 0 Å². The number of aliphatic hydroxyl groups is 1. The quantitative estimate of drug-likeness (QED) is 0.476. The molecule has 2 heterocycles. The topological polar surface area (TPSA) is 73.7 Å². The molecule has 3 rings (SSSR count). The number of rotatable bonds is 7. The Morgan fingerprint density at radius 2 is 1.91 bits per heavy atom. The maximum absolute atomic E-state index is 14.4. The number of hydrogen-bond donors (Lipinski definition) is 1. The lowest BCUT2D eigenvalue weighted by Crippen LogP contribution is -2.60. The van der Waals surface area contributed by atoms with E-state index in [-0.39, 0.29) is 36.8 Å². The Morgan fingerprint density at radius 1 is 1.24 bits per heavy atom. The van der Waals surface area contributed by atoms with Gasteiger partial charge >= 0.3 is 6.18 Å². The molecule has 2 aromatic rings. The Morgan fingerprint density at radius 3 is 2.48 bits per heavy atom. The number of carbonyl (C=O) groups is 2. The second kappa shape index (κ2) is 9.88. The van der Waals surface area contributed by atoms with Crippen molar-refractivity contribution < 1.29 is 32.3 Å². The van der Waals surface area contributed by atoms with Crippen molar-refractivity contribution in [1.82, 2.24) is 9.88 Å². The third kappa shape index (κ3) is 5.51. The first kappa shape index (κ1) is 24.7.